The number of nitrogens with one attached hydrogen (secondary N) is 1. The first-order valence-corrected chi connectivity index (χ1v) is 16.9. The van der Waals surface area contributed by atoms with E-state index in [1.807, 2.05) is 42.5 Å². The molecular weight excluding hydrogens is 534 g/mol. The summed E-state index contributed by atoms with van der Waals surface area (Å²) in [6.45, 7) is 4.06. The first-order valence-electron chi connectivity index (χ1n) is 16.9. The number of carbonyl (C=O) groups excluding carboxylic acids is 1. The lowest BCUT2D eigenvalue weighted by molar-refractivity contribution is -0.122. The summed E-state index contributed by atoms with van der Waals surface area (Å²) in [6, 6.07) is -0.681. The maximum Gasteiger partial charge on any atom is 0.220 e. The van der Waals surface area contributed by atoms with Crippen LogP contribution in [0.2, 0.25) is 0 Å². The molecule has 3 atom stereocenters. The predicted molar refractivity (Wildman–Crippen MR) is 185 cm³/mol. The van der Waals surface area contributed by atoms with Crippen LogP contribution < -0.4 is 5.32 Å². The highest BCUT2D eigenvalue weighted by Crippen LogP contribution is 2.11. The van der Waals surface area contributed by atoms with Gasteiger partial charge in [0.25, 0.3) is 0 Å². The summed E-state index contributed by atoms with van der Waals surface area (Å²) in [5.74, 6) is -0.172. The highest BCUT2D eigenvalue weighted by Gasteiger charge is 2.17. The van der Waals surface area contributed by atoms with Crippen molar-refractivity contribution in [3.05, 3.63) is 85.1 Å². The van der Waals surface area contributed by atoms with E-state index in [1.54, 1.807) is 12.2 Å². The molecule has 0 aromatic rings. The number of unbranched alkanes of at least 4 members (excludes halogenated alkanes) is 9. The Balaban J connectivity index is 3.95. The van der Waals surface area contributed by atoms with Crippen molar-refractivity contribution < 1.29 is 20.1 Å². The van der Waals surface area contributed by atoms with E-state index in [9.17, 15) is 20.1 Å². The standard InChI is InChI=1S/C38H63NO4/c1-3-5-7-9-11-12-13-17-20-24-28-32-37(42)36(34-40)39-38(43)33-29-25-21-18-15-14-16-19-23-27-31-35(41)30-26-22-10-8-6-4-2/h6,8,14-15,19,21-23,25-28,31-32,35-37,40-42H,3-5,7,9-13,16-18,20,24,29-30,33-34H2,1-2H3,(H,39,43)/b8-6-,15-14-,23-19-,25-21-,26-22-,31-27+,32-28+/t35?,36-,37+/m0/s1. The average Bonchev–Trinajstić information content (AvgIpc) is 3.00. The molecule has 0 aliphatic carbocycles. The summed E-state index contributed by atoms with van der Waals surface area (Å²) in [4.78, 5) is 12.2. The van der Waals surface area contributed by atoms with Gasteiger partial charge in [-0.25, -0.2) is 0 Å². The zero-order valence-corrected chi connectivity index (χ0v) is 27.3. The highest BCUT2D eigenvalue weighted by atomic mass is 16.3. The number of amides is 1. The van der Waals surface area contributed by atoms with Crippen molar-refractivity contribution in [1.82, 2.24) is 5.32 Å². The number of hydrogen-bond acceptors (Lipinski definition) is 4. The van der Waals surface area contributed by atoms with Gasteiger partial charge in [0.15, 0.2) is 0 Å². The third kappa shape index (κ3) is 29.4. The molecule has 244 valence electrons. The summed E-state index contributed by atoms with van der Waals surface area (Å²) in [5.41, 5.74) is 0. The first-order chi connectivity index (χ1) is 21.0. The smallest absolute Gasteiger partial charge is 0.220 e. The quantitative estimate of drug-likeness (QED) is 0.0412. The Morgan fingerprint density at radius 1 is 0.651 bits per heavy atom. The molecule has 1 unspecified atom stereocenters. The number of hydrogen-bond donors (Lipinski definition) is 4. The summed E-state index contributed by atoms with van der Waals surface area (Å²) < 4.78 is 0. The SMILES string of the molecule is CC/C=C\C/C=C\CC(O)/C=C/C=C\C/C=C\C/C=C\CCC(=O)N[C@@H](CO)[C@H](O)/C=C/CCCCCCCCCCC. The van der Waals surface area contributed by atoms with E-state index in [0.717, 1.165) is 38.5 Å². The minimum atomic E-state index is -0.886. The van der Waals surface area contributed by atoms with E-state index < -0.39 is 18.2 Å². The molecule has 0 fully saturated rings. The number of carbonyl (C=O) groups is 1. The van der Waals surface area contributed by atoms with Gasteiger partial charge in [-0.2, -0.15) is 0 Å². The molecule has 0 saturated heterocycles. The Kier molecular flexibility index (Phi) is 30.6. The Labute approximate surface area is 264 Å². The van der Waals surface area contributed by atoms with Crippen LogP contribution in [0.4, 0.5) is 0 Å². The largest absolute Gasteiger partial charge is 0.394 e. The van der Waals surface area contributed by atoms with Gasteiger partial charge in [-0.1, -0.05) is 150 Å². The van der Waals surface area contributed by atoms with Crippen LogP contribution in [0.1, 0.15) is 123 Å². The zero-order chi connectivity index (χ0) is 31.6. The maximum absolute atomic E-state index is 12.2. The van der Waals surface area contributed by atoms with Gasteiger partial charge in [-0.15, -0.1) is 0 Å². The number of rotatable bonds is 28. The van der Waals surface area contributed by atoms with Gasteiger partial charge in [0.2, 0.25) is 5.91 Å². The van der Waals surface area contributed by atoms with Crippen molar-refractivity contribution in [3.63, 3.8) is 0 Å². The van der Waals surface area contributed by atoms with Gasteiger partial charge < -0.3 is 20.6 Å². The van der Waals surface area contributed by atoms with E-state index in [2.05, 4.69) is 49.5 Å². The second-order valence-electron chi connectivity index (χ2n) is 11.0. The molecule has 0 aliphatic heterocycles. The summed E-state index contributed by atoms with van der Waals surface area (Å²) >= 11 is 0. The van der Waals surface area contributed by atoms with Crippen LogP contribution in [0.15, 0.2) is 85.1 Å². The molecule has 0 aromatic carbocycles. The van der Waals surface area contributed by atoms with Crippen LogP contribution in [-0.2, 0) is 4.79 Å². The lowest BCUT2D eigenvalue weighted by atomic mass is 10.1. The lowest BCUT2D eigenvalue weighted by Crippen LogP contribution is -2.45. The third-order valence-corrected chi connectivity index (χ3v) is 6.98. The molecule has 4 N–H and O–H groups in total. The summed E-state index contributed by atoms with van der Waals surface area (Å²) in [6.07, 6.45) is 44.1. The van der Waals surface area contributed by atoms with Gasteiger partial charge in [0.1, 0.15) is 0 Å². The van der Waals surface area contributed by atoms with Crippen LogP contribution in [0.25, 0.3) is 0 Å². The first kappa shape index (κ1) is 40.5. The van der Waals surface area contributed by atoms with Crippen LogP contribution in [0, 0.1) is 0 Å². The van der Waals surface area contributed by atoms with Crippen LogP contribution >= 0.6 is 0 Å². The van der Waals surface area contributed by atoms with E-state index in [1.165, 1.54) is 51.4 Å². The fraction of sp³-hybridized carbons (Fsp3) is 0.605. The molecule has 0 aliphatic rings. The molecule has 5 heteroatoms. The molecule has 0 rings (SSSR count). The zero-order valence-electron chi connectivity index (χ0n) is 27.3. The molecule has 1 amide bonds. The molecule has 0 bridgehead atoms. The number of aliphatic hydroxyl groups excluding tert-OH is 3. The Hall–Kier alpha value is -2.47. The van der Waals surface area contributed by atoms with Crippen molar-refractivity contribution in [1.29, 1.82) is 0 Å². The van der Waals surface area contributed by atoms with Crippen LogP contribution in [0.5, 0.6) is 0 Å². The lowest BCUT2D eigenvalue weighted by Gasteiger charge is -2.19. The molecule has 0 aromatic heterocycles. The molecule has 0 radical (unpaired) electrons. The normalized spacial score (nSPS) is 15.0. The molecule has 0 heterocycles. The van der Waals surface area contributed by atoms with Gasteiger partial charge in [-0.05, 0) is 51.4 Å². The fourth-order valence-electron chi connectivity index (χ4n) is 4.34. The fourth-order valence-corrected chi connectivity index (χ4v) is 4.34. The van der Waals surface area contributed by atoms with Gasteiger partial charge in [0, 0.05) is 6.42 Å². The molecule has 5 nitrogen and oxygen atoms in total. The predicted octanol–water partition coefficient (Wildman–Crippen LogP) is 8.75. The Bertz CT molecular complexity index is 837. The summed E-state index contributed by atoms with van der Waals surface area (Å²) in [7, 11) is 0. The second kappa shape index (κ2) is 32.4. The van der Waals surface area contributed by atoms with E-state index in [4.69, 9.17) is 0 Å². The van der Waals surface area contributed by atoms with Crippen LogP contribution in [-0.4, -0.2) is 46.1 Å². The number of aliphatic hydroxyl groups is 3. The topological polar surface area (TPSA) is 89.8 Å². The molecule has 0 spiro atoms. The van der Waals surface area contributed by atoms with Crippen molar-refractivity contribution in [2.75, 3.05) is 6.61 Å². The molecular formula is C38H63NO4. The number of allylic oxidation sites excluding steroid dienone is 11. The van der Waals surface area contributed by atoms with Crippen molar-refractivity contribution in [2.24, 2.45) is 0 Å². The average molecular weight is 598 g/mol. The van der Waals surface area contributed by atoms with Gasteiger partial charge >= 0.3 is 0 Å². The third-order valence-electron chi connectivity index (χ3n) is 6.98. The summed E-state index contributed by atoms with van der Waals surface area (Å²) in [5, 5.41) is 32.6. The van der Waals surface area contributed by atoms with Gasteiger partial charge in [-0.3, -0.25) is 4.79 Å². The van der Waals surface area contributed by atoms with Crippen LogP contribution in [0.3, 0.4) is 0 Å². The maximum atomic E-state index is 12.2. The van der Waals surface area contributed by atoms with Crippen molar-refractivity contribution >= 4 is 5.91 Å². The second-order valence-corrected chi connectivity index (χ2v) is 11.0. The molecule has 43 heavy (non-hydrogen) atoms. The van der Waals surface area contributed by atoms with Crippen molar-refractivity contribution in [2.45, 2.75) is 141 Å². The van der Waals surface area contributed by atoms with E-state index in [-0.39, 0.29) is 12.5 Å². The Morgan fingerprint density at radius 3 is 1.93 bits per heavy atom. The van der Waals surface area contributed by atoms with E-state index >= 15 is 0 Å². The minimum Gasteiger partial charge on any atom is -0.394 e. The van der Waals surface area contributed by atoms with Gasteiger partial charge in [0.05, 0.1) is 24.9 Å². The van der Waals surface area contributed by atoms with E-state index in [0.29, 0.717) is 19.3 Å². The van der Waals surface area contributed by atoms with Crippen molar-refractivity contribution in [3.8, 4) is 0 Å². The monoisotopic (exact) mass is 597 g/mol. The Morgan fingerprint density at radius 2 is 1.26 bits per heavy atom. The molecule has 0 saturated carbocycles. The minimum absolute atomic E-state index is 0.172. The highest BCUT2D eigenvalue weighted by molar-refractivity contribution is 5.76.